The summed E-state index contributed by atoms with van der Waals surface area (Å²) in [5, 5.41) is 0. The van der Waals surface area contributed by atoms with E-state index in [0.717, 1.165) is 0 Å². The van der Waals surface area contributed by atoms with Gasteiger partial charge in [-0.1, -0.05) is 6.32 Å². The normalized spacial score (nSPS) is 12.2. The zero-order valence-electron chi connectivity index (χ0n) is 8.66. The van der Waals surface area contributed by atoms with Crippen molar-refractivity contribution < 1.29 is 81.9 Å². The van der Waals surface area contributed by atoms with E-state index in [2.05, 4.69) is 0 Å². The third kappa shape index (κ3) is 5.73. The van der Waals surface area contributed by atoms with Crippen LogP contribution < -0.4 is 51.4 Å². The summed E-state index contributed by atoms with van der Waals surface area (Å²) in [5.74, 6) is -1.29. The van der Waals surface area contributed by atoms with Crippen LogP contribution in [0, 0.1) is 5.82 Å². The van der Waals surface area contributed by atoms with Crippen LogP contribution in [0.25, 0.3) is 0 Å². The fourth-order valence-corrected chi connectivity index (χ4v) is 1.16. The first-order valence-corrected chi connectivity index (χ1v) is 4.16. The topological polar surface area (TPSA) is 0 Å². The van der Waals surface area contributed by atoms with Gasteiger partial charge in [0.2, 0.25) is 0 Å². The molecule has 0 unspecified atom stereocenters. The molecular formula is C8H5BF7K. The van der Waals surface area contributed by atoms with Gasteiger partial charge >= 0.3 is 64.5 Å². The van der Waals surface area contributed by atoms with Gasteiger partial charge in [0.25, 0.3) is 0 Å². The van der Waals surface area contributed by atoms with Gasteiger partial charge in [-0.15, -0.1) is 0 Å². The van der Waals surface area contributed by atoms with Crippen LogP contribution in [-0.2, 0) is 12.5 Å². The molecule has 17 heavy (non-hydrogen) atoms. The third-order valence-corrected chi connectivity index (χ3v) is 1.82. The monoisotopic (exact) mass is 284 g/mol. The average Bonchev–Trinajstić information content (AvgIpc) is 2.04. The minimum atomic E-state index is -5.36. The van der Waals surface area contributed by atoms with Gasteiger partial charge in [-0.2, -0.15) is 13.2 Å². The third-order valence-electron chi connectivity index (χ3n) is 1.82. The van der Waals surface area contributed by atoms with E-state index >= 15 is 0 Å². The molecule has 0 fully saturated rings. The summed E-state index contributed by atoms with van der Waals surface area (Å²) in [6, 6.07) is 0.979. The fraction of sp³-hybridized carbons (Fsp3) is 0.250. The molecule has 90 valence electrons. The summed E-state index contributed by atoms with van der Waals surface area (Å²) < 4.78 is 85.1. The molecule has 0 spiro atoms. The second kappa shape index (κ2) is 6.05. The van der Waals surface area contributed by atoms with E-state index in [-0.39, 0.29) is 57.5 Å². The molecule has 0 amide bonds. The largest absolute Gasteiger partial charge is 1.00 e. The first-order chi connectivity index (χ1) is 7.09. The van der Waals surface area contributed by atoms with Crippen LogP contribution in [0.2, 0.25) is 0 Å². The van der Waals surface area contributed by atoms with Crippen molar-refractivity contribution >= 4 is 6.98 Å². The van der Waals surface area contributed by atoms with Crippen molar-refractivity contribution in [2.24, 2.45) is 0 Å². The van der Waals surface area contributed by atoms with Gasteiger partial charge in [-0.25, -0.2) is 4.39 Å². The van der Waals surface area contributed by atoms with Gasteiger partial charge in [0.15, 0.2) is 0 Å². The van der Waals surface area contributed by atoms with E-state index in [4.69, 9.17) is 0 Å². The average molecular weight is 284 g/mol. The number of benzene rings is 1. The summed E-state index contributed by atoms with van der Waals surface area (Å²) in [5.41, 5.74) is -2.27. The zero-order chi connectivity index (χ0) is 12.6. The van der Waals surface area contributed by atoms with Crippen LogP contribution in [0.5, 0.6) is 0 Å². The van der Waals surface area contributed by atoms with Gasteiger partial charge in [0.05, 0.1) is 5.56 Å². The Balaban J connectivity index is 0.00000256. The van der Waals surface area contributed by atoms with Gasteiger partial charge < -0.3 is 12.9 Å². The molecule has 0 nitrogen and oxygen atoms in total. The van der Waals surface area contributed by atoms with E-state index in [1.807, 2.05) is 0 Å². The number of halogens is 7. The van der Waals surface area contributed by atoms with Crippen molar-refractivity contribution in [2.45, 2.75) is 12.5 Å². The Kier molecular flexibility index (Phi) is 6.20. The predicted octanol–water partition coefficient (Wildman–Crippen LogP) is 0.778. The molecule has 1 aromatic rings. The van der Waals surface area contributed by atoms with E-state index in [9.17, 15) is 30.5 Å². The Labute approximate surface area is 135 Å². The molecule has 0 aromatic heterocycles. The Bertz CT molecular complexity index is 384. The standard InChI is InChI=1S/C8H5BF7.K/c10-7-2-1-6(8(11,12)13)3-5(7)4-9(14,15)16;/h1-3H,4H2;/q-1;+1. The molecular weight excluding hydrogens is 279 g/mol. The predicted molar refractivity (Wildman–Crippen MR) is 44.2 cm³/mol. The number of rotatable bonds is 2. The van der Waals surface area contributed by atoms with Crippen LogP contribution in [0.1, 0.15) is 11.1 Å². The van der Waals surface area contributed by atoms with E-state index < -0.39 is 36.4 Å². The van der Waals surface area contributed by atoms with Crippen molar-refractivity contribution in [3.63, 3.8) is 0 Å². The molecule has 0 saturated heterocycles. The molecule has 0 atom stereocenters. The Morgan fingerprint density at radius 2 is 1.59 bits per heavy atom. The van der Waals surface area contributed by atoms with Crippen molar-refractivity contribution in [3.05, 3.63) is 35.1 Å². The minimum Gasteiger partial charge on any atom is -0.449 e. The van der Waals surface area contributed by atoms with Crippen molar-refractivity contribution in [1.29, 1.82) is 0 Å². The molecule has 9 heteroatoms. The molecule has 0 aliphatic rings. The molecule has 1 rings (SSSR count). The minimum absolute atomic E-state index is 0. The summed E-state index contributed by atoms with van der Waals surface area (Å²) in [4.78, 5) is 0. The van der Waals surface area contributed by atoms with Crippen LogP contribution >= 0.6 is 0 Å². The summed E-state index contributed by atoms with van der Waals surface area (Å²) in [7, 11) is 0. The Morgan fingerprint density at radius 1 is 1.06 bits per heavy atom. The Morgan fingerprint density at radius 3 is 2.00 bits per heavy atom. The van der Waals surface area contributed by atoms with E-state index in [1.165, 1.54) is 0 Å². The van der Waals surface area contributed by atoms with Gasteiger partial charge in [0, 0.05) is 0 Å². The first-order valence-electron chi connectivity index (χ1n) is 4.16. The van der Waals surface area contributed by atoms with Crippen LogP contribution in [0.4, 0.5) is 30.5 Å². The summed E-state index contributed by atoms with van der Waals surface area (Å²) >= 11 is 0. The fourth-order valence-electron chi connectivity index (χ4n) is 1.16. The van der Waals surface area contributed by atoms with Crippen LogP contribution in [0.3, 0.4) is 0 Å². The zero-order valence-corrected chi connectivity index (χ0v) is 11.8. The van der Waals surface area contributed by atoms with E-state index in [0.29, 0.717) is 12.1 Å². The van der Waals surface area contributed by atoms with Gasteiger partial charge in [-0.05, 0) is 23.8 Å². The van der Waals surface area contributed by atoms with E-state index in [1.54, 1.807) is 0 Å². The molecule has 0 heterocycles. The molecule has 0 aliphatic heterocycles. The molecule has 0 aliphatic carbocycles. The van der Waals surface area contributed by atoms with Crippen LogP contribution in [-0.4, -0.2) is 6.98 Å². The first kappa shape index (κ1) is 17.4. The van der Waals surface area contributed by atoms with Gasteiger partial charge in [0.1, 0.15) is 5.82 Å². The van der Waals surface area contributed by atoms with Crippen molar-refractivity contribution in [3.8, 4) is 0 Å². The number of alkyl halides is 3. The molecule has 0 radical (unpaired) electrons. The molecule has 0 N–H and O–H groups in total. The van der Waals surface area contributed by atoms with Crippen molar-refractivity contribution in [1.82, 2.24) is 0 Å². The summed E-state index contributed by atoms with van der Waals surface area (Å²) in [6.45, 7) is -5.36. The maximum atomic E-state index is 12.8. The SMILES string of the molecule is Fc1ccc(C(F)(F)F)cc1C[B-](F)(F)F.[K+]. The maximum absolute atomic E-state index is 12.8. The van der Waals surface area contributed by atoms with Gasteiger partial charge in [-0.3, -0.25) is 0 Å². The number of hydrogen-bond donors (Lipinski definition) is 0. The Hall–Kier alpha value is 0.431. The molecule has 0 bridgehead atoms. The summed E-state index contributed by atoms with van der Waals surface area (Å²) in [6.07, 6.45) is -6.43. The van der Waals surface area contributed by atoms with Crippen LogP contribution in [0.15, 0.2) is 18.2 Å². The molecule has 0 saturated carbocycles. The van der Waals surface area contributed by atoms with Crippen molar-refractivity contribution in [2.75, 3.05) is 0 Å². The number of hydrogen-bond acceptors (Lipinski definition) is 0. The quantitative estimate of drug-likeness (QED) is 0.556. The molecule has 1 aromatic carbocycles. The smallest absolute Gasteiger partial charge is 0.449 e. The second-order valence-electron chi connectivity index (χ2n) is 3.22. The maximum Gasteiger partial charge on any atom is 1.00 e. The second-order valence-corrected chi connectivity index (χ2v) is 3.22.